The number of hydrogen-bond acceptors (Lipinski definition) is 2. The fourth-order valence-electron chi connectivity index (χ4n) is 1.86. The Morgan fingerprint density at radius 2 is 2.44 bits per heavy atom. The lowest BCUT2D eigenvalue weighted by atomic mass is 10.0. The summed E-state index contributed by atoms with van der Waals surface area (Å²) >= 11 is 0. The molecular weight excluding hydrogens is 114 g/mol. The van der Waals surface area contributed by atoms with Gasteiger partial charge in [-0.25, -0.2) is 0 Å². The second-order valence-corrected chi connectivity index (χ2v) is 3.13. The van der Waals surface area contributed by atoms with E-state index in [2.05, 4.69) is 4.90 Å². The molecule has 0 aliphatic carbocycles. The van der Waals surface area contributed by atoms with Crippen LogP contribution in [0.5, 0.6) is 0 Å². The zero-order valence-electron chi connectivity index (χ0n) is 5.47. The van der Waals surface area contributed by atoms with Crippen LogP contribution in [0.3, 0.4) is 0 Å². The minimum Gasteiger partial charge on any atom is -0.298 e. The van der Waals surface area contributed by atoms with Gasteiger partial charge < -0.3 is 0 Å². The van der Waals surface area contributed by atoms with Crippen molar-refractivity contribution in [2.45, 2.75) is 12.8 Å². The summed E-state index contributed by atoms with van der Waals surface area (Å²) in [4.78, 5) is 13.1. The largest absolute Gasteiger partial charge is 0.298 e. The SMILES string of the molecule is O=C1CC2CCN(C1)C2. The molecule has 2 heterocycles. The summed E-state index contributed by atoms with van der Waals surface area (Å²) in [6.07, 6.45) is 2.11. The number of piperidine rings is 1. The van der Waals surface area contributed by atoms with Crippen LogP contribution in [0.4, 0.5) is 0 Å². The third kappa shape index (κ3) is 0.874. The van der Waals surface area contributed by atoms with Crippen molar-refractivity contribution in [1.82, 2.24) is 4.90 Å². The van der Waals surface area contributed by atoms with E-state index in [1.807, 2.05) is 0 Å². The van der Waals surface area contributed by atoms with E-state index in [1.54, 1.807) is 0 Å². The highest BCUT2D eigenvalue weighted by atomic mass is 16.1. The van der Waals surface area contributed by atoms with Crippen LogP contribution in [0.2, 0.25) is 0 Å². The van der Waals surface area contributed by atoms with Crippen LogP contribution in [0.25, 0.3) is 0 Å². The average molecular weight is 125 g/mol. The number of carbonyl (C=O) groups excluding carboxylic acids is 1. The molecule has 50 valence electrons. The molecule has 0 radical (unpaired) electrons. The topological polar surface area (TPSA) is 20.3 Å². The lowest BCUT2D eigenvalue weighted by molar-refractivity contribution is -0.122. The Bertz CT molecular complexity index is 130. The van der Waals surface area contributed by atoms with Gasteiger partial charge in [0, 0.05) is 13.0 Å². The maximum atomic E-state index is 10.9. The van der Waals surface area contributed by atoms with Gasteiger partial charge in [-0.2, -0.15) is 0 Å². The normalized spacial score (nSPS) is 41.6. The monoisotopic (exact) mass is 125 g/mol. The Balaban J connectivity index is 2.11. The molecule has 0 N–H and O–H groups in total. The van der Waals surface area contributed by atoms with E-state index in [9.17, 15) is 4.79 Å². The van der Waals surface area contributed by atoms with Crippen molar-refractivity contribution in [2.24, 2.45) is 5.92 Å². The summed E-state index contributed by atoms with van der Waals surface area (Å²) < 4.78 is 0. The van der Waals surface area contributed by atoms with E-state index in [-0.39, 0.29) is 0 Å². The van der Waals surface area contributed by atoms with Crippen molar-refractivity contribution in [2.75, 3.05) is 19.6 Å². The predicted molar refractivity (Wildman–Crippen MR) is 34.2 cm³/mol. The first-order valence-corrected chi connectivity index (χ1v) is 3.58. The molecule has 2 fully saturated rings. The molecule has 2 saturated heterocycles. The van der Waals surface area contributed by atoms with Crippen LogP contribution in [0.15, 0.2) is 0 Å². The molecule has 2 rings (SSSR count). The summed E-state index contributed by atoms with van der Waals surface area (Å²) in [5.74, 6) is 1.16. The van der Waals surface area contributed by atoms with E-state index < -0.39 is 0 Å². The first kappa shape index (κ1) is 5.42. The second kappa shape index (κ2) is 1.81. The van der Waals surface area contributed by atoms with Gasteiger partial charge in [-0.3, -0.25) is 9.69 Å². The van der Waals surface area contributed by atoms with Gasteiger partial charge in [-0.1, -0.05) is 0 Å². The average Bonchev–Trinajstić information content (AvgIpc) is 2.11. The standard InChI is InChI=1S/C7H11NO/c9-7-3-6-1-2-8(4-6)5-7/h6H,1-5H2. The summed E-state index contributed by atoms with van der Waals surface area (Å²) in [7, 11) is 0. The molecule has 2 atom stereocenters. The van der Waals surface area contributed by atoms with Crippen LogP contribution in [-0.2, 0) is 4.79 Å². The van der Waals surface area contributed by atoms with Crippen molar-refractivity contribution in [3.05, 3.63) is 0 Å². The molecule has 2 heteroatoms. The number of hydrogen-bond donors (Lipinski definition) is 0. The molecule has 2 bridgehead atoms. The number of fused-ring (bicyclic) bond motifs is 2. The molecule has 0 aromatic rings. The summed E-state index contributed by atoms with van der Waals surface area (Å²) in [5.41, 5.74) is 0. The highest BCUT2D eigenvalue weighted by Gasteiger charge is 2.30. The van der Waals surface area contributed by atoms with Crippen LogP contribution < -0.4 is 0 Å². The number of ketones is 1. The fourth-order valence-corrected chi connectivity index (χ4v) is 1.86. The van der Waals surface area contributed by atoms with Gasteiger partial charge in [0.05, 0.1) is 6.54 Å². The lowest BCUT2D eigenvalue weighted by Crippen LogP contribution is -2.32. The first-order valence-electron chi connectivity index (χ1n) is 3.58. The Morgan fingerprint density at radius 1 is 1.56 bits per heavy atom. The van der Waals surface area contributed by atoms with Gasteiger partial charge in [0.25, 0.3) is 0 Å². The van der Waals surface area contributed by atoms with Gasteiger partial charge in [-0.15, -0.1) is 0 Å². The molecule has 0 amide bonds. The molecule has 2 unspecified atom stereocenters. The minimum absolute atomic E-state index is 0.448. The fraction of sp³-hybridized carbons (Fsp3) is 0.857. The number of Topliss-reactive ketones (excluding diaryl/α,β-unsaturated/α-hetero) is 1. The van der Waals surface area contributed by atoms with Gasteiger partial charge in [0.2, 0.25) is 0 Å². The van der Waals surface area contributed by atoms with Gasteiger partial charge in [0.1, 0.15) is 5.78 Å². The summed E-state index contributed by atoms with van der Waals surface area (Å²) in [6.45, 7) is 3.08. The van der Waals surface area contributed by atoms with Crippen LogP contribution in [0.1, 0.15) is 12.8 Å². The molecule has 0 aromatic heterocycles. The minimum atomic E-state index is 0.448. The zero-order valence-corrected chi connectivity index (χ0v) is 5.47. The van der Waals surface area contributed by atoms with Crippen molar-refractivity contribution < 1.29 is 4.79 Å². The van der Waals surface area contributed by atoms with Crippen molar-refractivity contribution in [3.8, 4) is 0 Å². The molecule has 2 aliphatic rings. The van der Waals surface area contributed by atoms with E-state index in [1.165, 1.54) is 13.0 Å². The maximum absolute atomic E-state index is 10.9. The smallest absolute Gasteiger partial charge is 0.147 e. The van der Waals surface area contributed by atoms with Crippen LogP contribution in [0, 0.1) is 5.92 Å². The molecule has 2 nitrogen and oxygen atoms in total. The van der Waals surface area contributed by atoms with E-state index >= 15 is 0 Å². The maximum Gasteiger partial charge on any atom is 0.147 e. The van der Waals surface area contributed by atoms with Gasteiger partial charge in [0.15, 0.2) is 0 Å². The Kier molecular flexibility index (Phi) is 1.09. The van der Waals surface area contributed by atoms with Gasteiger partial charge in [-0.05, 0) is 18.9 Å². The highest BCUT2D eigenvalue weighted by Crippen LogP contribution is 2.23. The number of rotatable bonds is 0. The van der Waals surface area contributed by atoms with Crippen LogP contribution in [-0.4, -0.2) is 30.3 Å². The highest BCUT2D eigenvalue weighted by molar-refractivity contribution is 5.81. The molecule has 0 spiro atoms. The summed E-state index contributed by atoms with van der Waals surface area (Å²) in [5, 5.41) is 0. The summed E-state index contributed by atoms with van der Waals surface area (Å²) in [6, 6.07) is 0. The quantitative estimate of drug-likeness (QED) is 0.463. The zero-order chi connectivity index (χ0) is 6.27. The second-order valence-electron chi connectivity index (χ2n) is 3.13. The molecule has 9 heavy (non-hydrogen) atoms. The Hall–Kier alpha value is -0.370. The third-order valence-electron chi connectivity index (χ3n) is 2.29. The van der Waals surface area contributed by atoms with E-state index in [0.29, 0.717) is 11.7 Å². The lowest BCUT2D eigenvalue weighted by Gasteiger charge is -2.19. The van der Waals surface area contributed by atoms with E-state index in [0.717, 1.165) is 19.5 Å². The Morgan fingerprint density at radius 3 is 3.22 bits per heavy atom. The predicted octanol–water partition coefficient (Wildman–Crippen LogP) is 0.281. The third-order valence-corrected chi connectivity index (χ3v) is 2.29. The van der Waals surface area contributed by atoms with Crippen molar-refractivity contribution >= 4 is 5.78 Å². The van der Waals surface area contributed by atoms with Crippen molar-refractivity contribution in [3.63, 3.8) is 0 Å². The van der Waals surface area contributed by atoms with Crippen molar-refractivity contribution in [1.29, 1.82) is 0 Å². The van der Waals surface area contributed by atoms with E-state index in [4.69, 9.17) is 0 Å². The molecule has 0 saturated carbocycles. The molecular formula is C7H11NO. The first-order chi connectivity index (χ1) is 4.34. The number of nitrogens with zero attached hydrogens (tertiary/aromatic N) is 1. The van der Waals surface area contributed by atoms with Crippen LogP contribution >= 0.6 is 0 Å². The Labute approximate surface area is 54.8 Å². The number of carbonyl (C=O) groups is 1. The van der Waals surface area contributed by atoms with Gasteiger partial charge >= 0.3 is 0 Å². The molecule has 2 aliphatic heterocycles. The molecule has 0 aromatic carbocycles.